The van der Waals surface area contributed by atoms with Crippen molar-refractivity contribution in [2.75, 3.05) is 24.9 Å². The lowest BCUT2D eigenvalue weighted by Crippen LogP contribution is -2.06. The number of aromatic nitrogens is 2. The summed E-state index contributed by atoms with van der Waals surface area (Å²) in [5, 5.41) is 5.69. The summed E-state index contributed by atoms with van der Waals surface area (Å²) in [4.78, 5) is 8.21. The van der Waals surface area contributed by atoms with E-state index in [2.05, 4.69) is 20.6 Å². The highest BCUT2D eigenvalue weighted by Crippen LogP contribution is 2.28. The molecule has 27 heavy (non-hydrogen) atoms. The van der Waals surface area contributed by atoms with Gasteiger partial charge in [0.15, 0.2) is 11.5 Å². The third kappa shape index (κ3) is 4.41. The van der Waals surface area contributed by atoms with Crippen molar-refractivity contribution in [3.8, 4) is 11.5 Å². The highest BCUT2D eigenvalue weighted by atomic mass is 19.1. The first kappa shape index (κ1) is 18.4. The molecule has 8 heteroatoms. The Labute approximate surface area is 155 Å². The quantitative estimate of drug-likeness (QED) is 0.650. The van der Waals surface area contributed by atoms with Crippen molar-refractivity contribution in [2.45, 2.75) is 6.54 Å². The van der Waals surface area contributed by atoms with Crippen molar-refractivity contribution in [3.63, 3.8) is 0 Å². The number of ether oxygens (including phenoxy) is 2. The zero-order valence-electron chi connectivity index (χ0n) is 14.8. The molecule has 0 atom stereocenters. The van der Waals surface area contributed by atoms with Gasteiger partial charge in [0.1, 0.15) is 23.1 Å². The molecule has 0 aliphatic heterocycles. The molecule has 1 aromatic heterocycles. The van der Waals surface area contributed by atoms with E-state index < -0.39 is 11.6 Å². The molecule has 0 saturated carbocycles. The van der Waals surface area contributed by atoms with Gasteiger partial charge in [-0.05, 0) is 35.9 Å². The molecule has 0 fully saturated rings. The maximum absolute atomic E-state index is 13.7. The molecule has 2 aromatic carbocycles. The number of benzene rings is 2. The molecule has 1 heterocycles. The minimum Gasteiger partial charge on any atom is -0.493 e. The van der Waals surface area contributed by atoms with Gasteiger partial charge in [0.25, 0.3) is 0 Å². The zero-order chi connectivity index (χ0) is 19.2. The molecule has 140 valence electrons. The first-order valence-electron chi connectivity index (χ1n) is 8.09. The average Bonchev–Trinajstić information content (AvgIpc) is 2.69. The highest BCUT2D eigenvalue weighted by Gasteiger charge is 2.10. The predicted molar refractivity (Wildman–Crippen MR) is 98.5 cm³/mol. The molecular formula is C19H18F2N4O2. The SMILES string of the molecule is COc1ccc(CNc2ccnc(Nc3c(F)cccc3F)n2)cc1OC. The molecule has 3 rings (SSSR count). The van der Waals surface area contributed by atoms with Gasteiger partial charge < -0.3 is 20.1 Å². The normalized spacial score (nSPS) is 10.4. The second-order valence-corrected chi connectivity index (χ2v) is 5.53. The molecule has 0 saturated heterocycles. The van der Waals surface area contributed by atoms with Crippen molar-refractivity contribution in [3.05, 3.63) is 65.9 Å². The van der Waals surface area contributed by atoms with Crippen LogP contribution in [0.15, 0.2) is 48.7 Å². The van der Waals surface area contributed by atoms with E-state index in [1.807, 2.05) is 18.2 Å². The number of nitrogens with one attached hydrogen (secondary N) is 2. The van der Waals surface area contributed by atoms with Crippen LogP contribution in [0, 0.1) is 11.6 Å². The average molecular weight is 372 g/mol. The molecule has 0 spiro atoms. The molecular weight excluding hydrogens is 354 g/mol. The standard InChI is InChI=1S/C19H18F2N4O2/c1-26-15-7-6-12(10-16(15)27-2)11-23-17-8-9-22-19(24-17)25-18-13(20)4-3-5-14(18)21/h3-10H,11H2,1-2H3,(H2,22,23,24,25). The number of hydrogen-bond acceptors (Lipinski definition) is 6. The van der Waals surface area contributed by atoms with Gasteiger partial charge in [-0.2, -0.15) is 4.98 Å². The Morgan fingerprint density at radius 3 is 2.41 bits per heavy atom. The summed E-state index contributed by atoms with van der Waals surface area (Å²) in [7, 11) is 3.14. The lowest BCUT2D eigenvalue weighted by atomic mass is 10.2. The molecule has 0 amide bonds. The highest BCUT2D eigenvalue weighted by molar-refractivity contribution is 5.56. The van der Waals surface area contributed by atoms with E-state index >= 15 is 0 Å². The van der Waals surface area contributed by atoms with Gasteiger partial charge in [0, 0.05) is 12.7 Å². The van der Waals surface area contributed by atoms with Crippen LogP contribution in [0.2, 0.25) is 0 Å². The number of rotatable bonds is 7. The van der Waals surface area contributed by atoms with Crippen molar-refractivity contribution in [1.82, 2.24) is 9.97 Å². The van der Waals surface area contributed by atoms with Crippen LogP contribution in [-0.4, -0.2) is 24.2 Å². The van der Waals surface area contributed by atoms with Crippen molar-refractivity contribution < 1.29 is 18.3 Å². The summed E-state index contributed by atoms with van der Waals surface area (Å²) in [6.07, 6.45) is 1.49. The smallest absolute Gasteiger partial charge is 0.229 e. The number of nitrogens with zero attached hydrogens (tertiary/aromatic N) is 2. The van der Waals surface area contributed by atoms with E-state index in [4.69, 9.17) is 9.47 Å². The Morgan fingerprint density at radius 1 is 0.963 bits per heavy atom. The van der Waals surface area contributed by atoms with Crippen LogP contribution < -0.4 is 20.1 Å². The topological polar surface area (TPSA) is 68.3 Å². The van der Waals surface area contributed by atoms with E-state index in [9.17, 15) is 8.78 Å². The first-order valence-corrected chi connectivity index (χ1v) is 8.09. The van der Waals surface area contributed by atoms with Gasteiger partial charge in [0.2, 0.25) is 5.95 Å². The molecule has 0 radical (unpaired) electrons. The second-order valence-electron chi connectivity index (χ2n) is 5.53. The molecule has 0 aliphatic carbocycles. The van der Waals surface area contributed by atoms with Crippen LogP contribution in [-0.2, 0) is 6.54 Å². The zero-order valence-corrected chi connectivity index (χ0v) is 14.8. The van der Waals surface area contributed by atoms with E-state index in [-0.39, 0.29) is 11.6 Å². The maximum Gasteiger partial charge on any atom is 0.229 e. The van der Waals surface area contributed by atoms with Gasteiger partial charge in [-0.3, -0.25) is 0 Å². The molecule has 2 N–H and O–H groups in total. The summed E-state index contributed by atoms with van der Waals surface area (Å²) in [6, 6.07) is 10.8. The van der Waals surface area contributed by atoms with Crippen molar-refractivity contribution in [1.29, 1.82) is 0 Å². The number of para-hydroxylation sites is 1. The fourth-order valence-corrected chi connectivity index (χ4v) is 2.43. The monoisotopic (exact) mass is 372 g/mol. The molecule has 0 bridgehead atoms. The minimum atomic E-state index is -0.720. The molecule has 0 unspecified atom stereocenters. The maximum atomic E-state index is 13.7. The fraction of sp³-hybridized carbons (Fsp3) is 0.158. The van der Waals surface area contributed by atoms with Gasteiger partial charge in [0.05, 0.1) is 14.2 Å². The number of halogens is 2. The van der Waals surface area contributed by atoms with E-state index in [1.54, 1.807) is 20.3 Å². The molecule has 3 aromatic rings. The van der Waals surface area contributed by atoms with Gasteiger partial charge in [-0.1, -0.05) is 12.1 Å². The van der Waals surface area contributed by atoms with Gasteiger partial charge >= 0.3 is 0 Å². The number of methoxy groups -OCH3 is 2. The van der Waals surface area contributed by atoms with E-state index in [1.165, 1.54) is 12.3 Å². The largest absolute Gasteiger partial charge is 0.493 e. The van der Waals surface area contributed by atoms with Crippen LogP contribution in [0.3, 0.4) is 0 Å². The van der Waals surface area contributed by atoms with E-state index in [0.717, 1.165) is 17.7 Å². The summed E-state index contributed by atoms with van der Waals surface area (Å²) >= 11 is 0. The Kier molecular flexibility index (Phi) is 5.65. The van der Waals surface area contributed by atoms with Crippen LogP contribution in [0.1, 0.15) is 5.56 Å². The number of hydrogen-bond donors (Lipinski definition) is 2. The summed E-state index contributed by atoms with van der Waals surface area (Å²) in [5.74, 6) is 0.401. The first-order chi connectivity index (χ1) is 13.1. The molecule has 0 aliphatic rings. The van der Waals surface area contributed by atoms with Gasteiger partial charge in [-0.25, -0.2) is 13.8 Å². The lowest BCUT2D eigenvalue weighted by molar-refractivity contribution is 0.354. The third-order valence-electron chi connectivity index (χ3n) is 3.78. The van der Waals surface area contributed by atoms with Crippen molar-refractivity contribution >= 4 is 17.5 Å². The van der Waals surface area contributed by atoms with Crippen LogP contribution in [0.4, 0.5) is 26.2 Å². The Morgan fingerprint density at radius 2 is 1.70 bits per heavy atom. The Bertz CT molecular complexity index is 917. The lowest BCUT2D eigenvalue weighted by Gasteiger charge is -2.11. The second kappa shape index (κ2) is 8.31. The van der Waals surface area contributed by atoms with E-state index in [0.29, 0.717) is 23.9 Å². The fourth-order valence-electron chi connectivity index (χ4n) is 2.43. The Balaban J connectivity index is 1.71. The van der Waals surface area contributed by atoms with Gasteiger partial charge in [-0.15, -0.1) is 0 Å². The summed E-state index contributed by atoms with van der Waals surface area (Å²) in [6.45, 7) is 0.463. The number of anilines is 3. The molecule has 6 nitrogen and oxygen atoms in total. The Hall–Kier alpha value is -3.42. The summed E-state index contributed by atoms with van der Waals surface area (Å²) in [5.41, 5.74) is 0.649. The van der Waals surface area contributed by atoms with Crippen LogP contribution in [0.25, 0.3) is 0 Å². The van der Waals surface area contributed by atoms with Crippen LogP contribution in [0.5, 0.6) is 11.5 Å². The van der Waals surface area contributed by atoms with Crippen molar-refractivity contribution in [2.24, 2.45) is 0 Å². The van der Waals surface area contributed by atoms with Crippen LogP contribution >= 0.6 is 0 Å². The minimum absolute atomic E-state index is 0.0799. The predicted octanol–water partition coefficient (Wildman–Crippen LogP) is 4.13. The third-order valence-corrected chi connectivity index (χ3v) is 3.78. The summed E-state index contributed by atoms with van der Waals surface area (Å²) < 4.78 is 38.0.